The van der Waals surface area contributed by atoms with Crippen LogP contribution in [0.3, 0.4) is 0 Å². The van der Waals surface area contributed by atoms with Gasteiger partial charge in [0.1, 0.15) is 5.60 Å². The van der Waals surface area contributed by atoms with Crippen LogP contribution in [0.15, 0.2) is 12.3 Å². The second-order valence-electron chi connectivity index (χ2n) is 5.50. The van der Waals surface area contributed by atoms with Crippen molar-refractivity contribution in [3.05, 3.63) is 12.3 Å². The zero-order valence-electron chi connectivity index (χ0n) is 12.1. The molecule has 1 rings (SSSR count). The lowest BCUT2D eigenvalue weighted by molar-refractivity contribution is -0.0550. The SMILES string of the molecule is C=C(C)OC(=O)N1CCCCN1C(=O)OC(C)(C)C. The molecular weight excluding hydrogens is 248 g/mol. The van der Waals surface area contributed by atoms with Gasteiger partial charge in [0, 0.05) is 13.1 Å². The van der Waals surface area contributed by atoms with Crippen molar-refractivity contribution in [3.63, 3.8) is 0 Å². The molecule has 0 radical (unpaired) electrons. The summed E-state index contributed by atoms with van der Waals surface area (Å²) in [4.78, 5) is 23.9. The zero-order chi connectivity index (χ0) is 14.6. The van der Waals surface area contributed by atoms with Crippen LogP contribution in [-0.4, -0.2) is 40.9 Å². The second kappa shape index (κ2) is 5.95. The predicted octanol–water partition coefficient (Wildman–Crippen LogP) is 2.90. The summed E-state index contributed by atoms with van der Waals surface area (Å²) in [6.07, 6.45) is 0.518. The van der Waals surface area contributed by atoms with Crippen LogP contribution in [0, 0.1) is 0 Å². The van der Waals surface area contributed by atoms with E-state index in [4.69, 9.17) is 9.47 Å². The quantitative estimate of drug-likeness (QED) is 0.687. The van der Waals surface area contributed by atoms with Gasteiger partial charge in [-0.05, 0) is 40.5 Å². The third-order valence-electron chi connectivity index (χ3n) is 2.36. The standard InChI is InChI=1S/C13H22N2O4/c1-10(2)18-11(16)14-8-6-7-9-15(14)12(17)19-13(3,4)5/h1,6-9H2,2-5H3. The maximum absolute atomic E-state index is 12.0. The Morgan fingerprint density at radius 2 is 1.53 bits per heavy atom. The van der Waals surface area contributed by atoms with Crippen LogP contribution in [0.25, 0.3) is 0 Å². The van der Waals surface area contributed by atoms with Crippen LogP contribution in [0.1, 0.15) is 40.5 Å². The van der Waals surface area contributed by atoms with Gasteiger partial charge in [-0.15, -0.1) is 0 Å². The summed E-state index contributed by atoms with van der Waals surface area (Å²) < 4.78 is 10.2. The van der Waals surface area contributed by atoms with Gasteiger partial charge in [-0.2, -0.15) is 0 Å². The fourth-order valence-electron chi connectivity index (χ4n) is 1.66. The molecule has 0 atom stereocenters. The fourth-order valence-corrected chi connectivity index (χ4v) is 1.66. The van der Waals surface area contributed by atoms with Gasteiger partial charge in [-0.3, -0.25) is 0 Å². The van der Waals surface area contributed by atoms with Gasteiger partial charge < -0.3 is 9.47 Å². The molecule has 0 bridgehead atoms. The van der Waals surface area contributed by atoms with Crippen molar-refractivity contribution >= 4 is 12.2 Å². The molecule has 1 fully saturated rings. The summed E-state index contributed by atoms with van der Waals surface area (Å²) >= 11 is 0. The molecule has 19 heavy (non-hydrogen) atoms. The Balaban J connectivity index is 2.74. The second-order valence-corrected chi connectivity index (χ2v) is 5.50. The average Bonchev–Trinajstić information content (AvgIpc) is 2.25. The van der Waals surface area contributed by atoms with E-state index < -0.39 is 17.8 Å². The molecule has 0 N–H and O–H groups in total. The number of hydrogen-bond donors (Lipinski definition) is 0. The van der Waals surface area contributed by atoms with Crippen LogP contribution >= 0.6 is 0 Å². The van der Waals surface area contributed by atoms with Crippen LogP contribution in [0.2, 0.25) is 0 Å². The zero-order valence-corrected chi connectivity index (χ0v) is 12.1. The first kappa shape index (κ1) is 15.3. The molecule has 0 aliphatic carbocycles. The van der Waals surface area contributed by atoms with Gasteiger partial charge in [-0.25, -0.2) is 19.6 Å². The molecule has 6 nitrogen and oxygen atoms in total. The van der Waals surface area contributed by atoms with E-state index in [0.717, 1.165) is 12.8 Å². The molecule has 0 saturated carbocycles. The summed E-state index contributed by atoms with van der Waals surface area (Å²) in [6, 6.07) is 0. The highest BCUT2D eigenvalue weighted by Crippen LogP contribution is 2.17. The van der Waals surface area contributed by atoms with Gasteiger partial charge in [0.25, 0.3) is 0 Å². The molecule has 0 aromatic rings. The number of hydrogen-bond acceptors (Lipinski definition) is 4. The van der Waals surface area contributed by atoms with Crippen molar-refractivity contribution in [2.75, 3.05) is 13.1 Å². The first-order valence-electron chi connectivity index (χ1n) is 6.36. The van der Waals surface area contributed by atoms with Crippen LogP contribution in [0.5, 0.6) is 0 Å². The highest BCUT2D eigenvalue weighted by Gasteiger charge is 2.33. The number of hydrazine groups is 1. The Bertz CT molecular complexity index is 373. The Hall–Kier alpha value is -1.72. The van der Waals surface area contributed by atoms with E-state index in [1.54, 1.807) is 27.7 Å². The average molecular weight is 270 g/mol. The third-order valence-corrected chi connectivity index (χ3v) is 2.36. The van der Waals surface area contributed by atoms with Crippen molar-refractivity contribution < 1.29 is 19.1 Å². The van der Waals surface area contributed by atoms with Crippen LogP contribution in [0.4, 0.5) is 9.59 Å². The largest absolute Gasteiger partial charge is 0.442 e. The molecule has 1 aliphatic rings. The highest BCUT2D eigenvalue weighted by molar-refractivity contribution is 5.75. The summed E-state index contributed by atoms with van der Waals surface area (Å²) in [6.45, 7) is 11.3. The molecule has 1 saturated heterocycles. The topological polar surface area (TPSA) is 59.1 Å². The smallest absolute Gasteiger partial charge is 0.434 e. The van der Waals surface area contributed by atoms with Crippen molar-refractivity contribution in [1.82, 2.24) is 10.0 Å². The Morgan fingerprint density at radius 1 is 1.05 bits per heavy atom. The summed E-state index contributed by atoms with van der Waals surface area (Å²) in [5, 5.41) is 2.56. The van der Waals surface area contributed by atoms with Crippen molar-refractivity contribution in [3.8, 4) is 0 Å². The number of rotatable bonds is 1. The van der Waals surface area contributed by atoms with Gasteiger partial charge in [-0.1, -0.05) is 6.58 Å². The maximum atomic E-state index is 12.0. The third kappa shape index (κ3) is 4.81. The first-order valence-corrected chi connectivity index (χ1v) is 6.36. The van der Waals surface area contributed by atoms with E-state index in [0.29, 0.717) is 18.8 Å². The molecule has 0 spiro atoms. The molecule has 1 aliphatic heterocycles. The normalized spacial score (nSPS) is 16.0. The lowest BCUT2D eigenvalue weighted by Gasteiger charge is -2.37. The van der Waals surface area contributed by atoms with E-state index in [9.17, 15) is 9.59 Å². The molecular formula is C13H22N2O4. The van der Waals surface area contributed by atoms with E-state index in [1.807, 2.05) is 0 Å². The number of carbonyl (C=O) groups excluding carboxylic acids is 2. The minimum atomic E-state index is -0.599. The molecule has 0 unspecified atom stereocenters. The minimum absolute atomic E-state index is 0.291. The number of amides is 2. The van der Waals surface area contributed by atoms with Gasteiger partial charge in [0.05, 0.1) is 5.76 Å². The van der Waals surface area contributed by atoms with Crippen LogP contribution in [-0.2, 0) is 9.47 Å². The van der Waals surface area contributed by atoms with Crippen molar-refractivity contribution in [1.29, 1.82) is 0 Å². The minimum Gasteiger partial charge on any atom is -0.442 e. The Labute approximate surface area is 113 Å². The molecule has 108 valence electrons. The number of carbonyl (C=O) groups is 2. The molecule has 2 amide bonds. The summed E-state index contributed by atoms with van der Waals surface area (Å²) in [5.41, 5.74) is -0.599. The number of allylic oxidation sites excluding steroid dienone is 1. The summed E-state index contributed by atoms with van der Waals surface area (Å²) in [7, 11) is 0. The predicted molar refractivity (Wildman–Crippen MR) is 70.2 cm³/mol. The number of ether oxygens (including phenoxy) is 2. The summed E-state index contributed by atoms with van der Waals surface area (Å²) in [5.74, 6) is 0.291. The molecule has 0 aromatic carbocycles. The van der Waals surface area contributed by atoms with E-state index >= 15 is 0 Å². The first-order chi connectivity index (χ1) is 8.70. The maximum Gasteiger partial charge on any atom is 0.434 e. The van der Waals surface area contributed by atoms with E-state index in [-0.39, 0.29) is 0 Å². The van der Waals surface area contributed by atoms with Gasteiger partial charge in [0.15, 0.2) is 0 Å². The molecule has 0 aromatic heterocycles. The number of nitrogens with zero attached hydrogens (tertiary/aromatic N) is 2. The van der Waals surface area contributed by atoms with E-state index in [2.05, 4.69) is 6.58 Å². The van der Waals surface area contributed by atoms with Crippen LogP contribution < -0.4 is 0 Å². The van der Waals surface area contributed by atoms with E-state index in [1.165, 1.54) is 10.0 Å². The lowest BCUT2D eigenvalue weighted by Crippen LogP contribution is -2.54. The van der Waals surface area contributed by atoms with Crippen molar-refractivity contribution in [2.24, 2.45) is 0 Å². The van der Waals surface area contributed by atoms with Crippen molar-refractivity contribution in [2.45, 2.75) is 46.1 Å². The molecule has 6 heteroatoms. The van der Waals surface area contributed by atoms with Gasteiger partial charge >= 0.3 is 12.2 Å². The Morgan fingerprint density at radius 3 is 1.95 bits per heavy atom. The molecule has 1 heterocycles. The highest BCUT2D eigenvalue weighted by atomic mass is 16.6. The monoisotopic (exact) mass is 270 g/mol. The van der Waals surface area contributed by atoms with Gasteiger partial charge in [0.2, 0.25) is 0 Å². The lowest BCUT2D eigenvalue weighted by atomic mass is 10.2. The Kier molecular flexibility index (Phi) is 4.80. The fraction of sp³-hybridized carbons (Fsp3) is 0.692.